The van der Waals surface area contributed by atoms with Gasteiger partial charge in [-0.2, -0.15) is 0 Å². The summed E-state index contributed by atoms with van der Waals surface area (Å²) in [7, 11) is 1.40. The molecule has 0 aliphatic carbocycles. The van der Waals surface area contributed by atoms with Gasteiger partial charge in [-0.25, -0.2) is 4.79 Å². The molecule has 1 aromatic rings. The molecule has 6 heteroatoms. The highest BCUT2D eigenvalue weighted by Crippen LogP contribution is 2.26. The molecule has 0 bridgehead atoms. The highest BCUT2D eigenvalue weighted by Gasteiger charge is 2.10. The van der Waals surface area contributed by atoms with E-state index in [2.05, 4.69) is 4.74 Å². The van der Waals surface area contributed by atoms with Crippen LogP contribution in [0.2, 0.25) is 0 Å². The van der Waals surface area contributed by atoms with E-state index >= 15 is 0 Å². The third-order valence-corrected chi connectivity index (χ3v) is 2.22. The lowest BCUT2D eigenvalue weighted by molar-refractivity contribution is -0.156. The number of hydrogen-bond donors (Lipinski definition) is 1. The summed E-state index contributed by atoms with van der Waals surface area (Å²) in [6.45, 7) is 1.23. The van der Waals surface area contributed by atoms with Crippen LogP contribution in [0.5, 0.6) is 11.5 Å². The summed E-state index contributed by atoms with van der Waals surface area (Å²) in [6.07, 6.45) is 2.00. The van der Waals surface area contributed by atoms with Gasteiger partial charge in [0.15, 0.2) is 11.5 Å². The van der Waals surface area contributed by atoms with Crippen LogP contribution in [-0.2, 0) is 19.1 Å². The Hall–Kier alpha value is -2.63. The monoisotopic (exact) mass is 278 g/mol. The maximum absolute atomic E-state index is 11.3. The van der Waals surface area contributed by atoms with Crippen LogP contribution in [0.3, 0.4) is 0 Å². The third-order valence-electron chi connectivity index (χ3n) is 2.22. The first-order chi connectivity index (χ1) is 9.42. The fourth-order valence-electron chi connectivity index (χ4n) is 1.35. The summed E-state index contributed by atoms with van der Waals surface area (Å²) >= 11 is 0. The molecule has 1 N–H and O–H groups in total. The minimum Gasteiger partial charge on any atom is -0.504 e. The number of ketones is 1. The topological polar surface area (TPSA) is 89.9 Å². The molecule has 0 saturated carbocycles. The standard InChI is InChI=1S/C14H14O6/c1-9(15)7-14(18)20-13(17)6-4-10-3-5-11(16)12(8-10)19-2/h3-6,8,16H,7H2,1-2H3/b6-4+. The second-order valence-electron chi connectivity index (χ2n) is 3.94. The zero-order valence-corrected chi connectivity index (χ0v) is 11.1. The Bertz CT molecular complexity index is 559. The molecule has 0 aromatic heterocycles. The Morgan fingerprint density at radius 2 is 2.00 bits per heavy atom. The second kappa shape index (κ2) is 7.08. The predicted octanol–water partition coefficient (Wildman–Crippen LogP) is 1.46. The average molecular weight is 278 g/mol. The first kappa shape index (κ1) is 15.4. The normalized spacial score (nSPS) is 10.3. The summed E-state index contributed by atoms with van der Waals surface area (Å²) in [5.41, 5.74) is 0.579. The van der Waals surface area contributed by atoms with E-state index < -0.39 is 18.4 Å². The van der Waals surface area contributed by atoms with Crippen LogP contribution >= 0.6 is 0 Å². The number of aromatic hydroxyl groups is 1. The molecule has 0 atom stereocenters. The minimum atomic E-state index is -0.893. The number of esters is 2. The van der Waals surface area contributed by atoms with Crippen LogP contribution in [-0.4, -0.2) is 29.9 Å². The van der Waals surface area contributed by atoms with E-state index in [1.807, 2.05) is 0 Å². The molecule has 0 spiro atoms. The molecule has 20 heavy (non-hydrogen) atoms. The van der Waals surface area contributed by atoms with E-state index in [1.54, 1.807) is 6.07 Å². The van der Waals surface area contributed by atoms with Crippen molar-refractivity contribution in [3.63, 3.8) is 0 Å². The van der Waals surface area contributed by atoms with Crippen molar-refractivity contribution in [3.05, 3.63) is 29.8 Å². The number of methoxy groups -OCH3 is 1. The largest absolute Gasteiger partial charge is 0.504 e. The van der Waals surface area contributed by atoms with E-state index in [1.165, 1.54) is 32.2 Å². The van der Waals surface area contributed by atoms with Gasteiger partial charge in [0.2, 0.25) is 0 Å². The molecular formula is C14H14O6. The highest BCUT2D eigenvalue weighted by molar-refractivity contribution is 6.01. The number of carbonyl (C=O) groups excluding carboxylic acids is 3. The number of hydrogen-bond acceptors (Lipinski definition) is 6. The van der Waals surface area contributed by atoms with Crippen LogP contribution in [0, 0.1) is 0 Å². The quantitative estimate of drug-likeness (QED) is 0.498. The van der Waals surface area contributed by atoms with Crippen molar-refractivity contribution in [2.24, 2.45) is 0 Å². The van der Waals surface area contributed by atoms with Crippen molar-refractivity contribution >= 4 is 23.8 Å². The van der Waals surface area contributed by atoms with Crippen molar-refractivity contribution in [1.29, 1.82) is 0 Å². The van der Waals surface area contributed by atoms with Crippen molar-refractivity contribution in [1.82, 2.24) is 0 Å². The van der Waals surface area contributed by atoms with Gasteiger partial charge in [-0.3, -0.25) is 9.59 Å². The number of phenolic OH excluding ortho intramolecular Hbond substituents is 1. The van der Waals surface area contributed by atoms with Gasteiger partial charge in [0.05, 0.1) is 7.11 Å². The van der Waals surface area contributed by atoms with E-state index in [-0.39, 0.29) is 17.3 Å². The minimum absolute atomic E-state index is 0.0242. The molecule has 0 aliphatic heterocycles. The van der Waals surface area contributed by atoms with Crippen molar-refractivity contribution in [2.75, 3.05) is 7.11 Å². The molecule has 6 nitrogen and oxygen atoms in total. The van der Waals surface area contributed by atoms with Gasteiger partial charge in [0.1, 0.15) is 12.2 Å². The number of Topliss-reactive ketones (excluding diaryl/α,β-unsaturated/α-hetero) is 1. The maximum atomic E-state index is 11.3. The number of rotatable bonds is 5. The van der Waals surface area contributed by atoms with E-state index in [4.69, 9.17) is 4.74 Å². The molecule has 0 fully saturated rings. The van der Waals surface area contributed by atoms with Gasteiger partial charge in [0, 0.05) is 6.08 Å². The molecule has 0 amide bonds. The van der Waals surface area contributed by atoms with E-state index in [9.17, 15) is 19.5 Å². The molecule has 0 heterocycles. The van der Waals surface area contributed by atoms with Crippen LogP contribution < -0.4 is 4.74 Å². The van der Waals surface area contributed by atoms with Gasteiger partial charge in [0.25, 0.3) is 0 Å². The first-order valence-corrected chi connectivity index (χ1v) is 5.71. The fourth-order valence-corrected chi connectivity index (χ4v) is 1.35. The number of ether oxygens (including phenoxy) is 2. The molecule has 1 rings (SSSR count). The first-order valence-electron chi connectivity index (χ1n) is 5.71. The van der Waals surface area contributed by atoms with Gasteiger partial charge in [-0.05, 0) is 30.7 Å². The summed E-state index contributed by atoms with van der Waals surface area (Å²) in [5, 5.41) is 9.40. The van der Waals surface area contributed by atoms with E-state index in [0.717, 1.165) is 6.08 Å². The SMILES string of the molecule is COc1cc(/C=C/C(=O)OC(=O)CC(C)=O)ccc1O. The smallest absolute Gasteiger partial charge is 0.338 e. The Labute approximate surface area is 115 Å². The van der Waals surface area contributed by atoms with E-state index in [0.29, 0.717) is 5.56 Å². The number of carbonyl (C=O) groups is 3. The zero-order chi connectivity index (χ0) is 15.1. The Morgan fingerprint density at radius 3 is 2.60 bits per heavy atom. The lowest BCUT2D eigenvalue weighted by Gasteiger charge is -2.03. The van der Waals surface area contributed by atoms with Gasteiger partial charge in [-0.1, -0.05) is 6.07 Å². The van der Waals surface area contributed by atoms with Crippen molar-refractivity contribution in [3.8, 4) is 11.5 Å². The van der Waals surface area contributed by atoms with Crippen LogP contribution in [0.15, 0.2) is 24.3 Å². The molecular weight excluding hydrogens is 264 g/mol. The molecule has 106 valence electrons. The molecule has 0 aliphatic rings. The summed E-state index contributed by atoms with van der Waals surface area (Å²) in [4.78, 5) is 33.0. The number of benzene rings is 1. The van der Waals surface area contributed by atoms with Gasteiger partial charge >= 0.3 is 11.9 Å². The van der Waals surface area contributed by atoms with Crippen molar-refractivity contribution < 1.29 is 29.0 Å². The van der Waals surface area contributed by atoms with Gasteiger partial charge < -0.3 is 14.6 Å². The third kappa shape index (κ3) is 4.93. The average Bonchev–Trinajstić information content (AvgIpc) is 2.36. The Morgan fingerprint density at radius 1 is 1.30 bits per heavy atom. The Balaban J connectivity index is 2.65. The molecule has 0 unspecified atom stereocenters. The summed E-state index contributed by atoms with van der Waals surface area (Å²) < 4.78 is 9.31. The predicted molar refractivity (Wildman–Crippen MR) is 70.1 cm³/mol. The molecule has 0 radical (unpaired) electrons. The van der Waals surface area contributed by atoms with Crippen molar-refractivity contribution in [2.45, 2.75) is 13.3 Å². The summed E-state index contributed by atoms with van der Waals surface area (Å²) in [6, 6.07) is 4.47. The van der Waals surface area contributed by atoms with Gasteiger partial charge in [-0.15, -0.1) is 0 Å². The number of phenols is 1. The molecule has 1 aromatic carbocycles. The second-order valence-corrected chi connectivity index (χ2v) is 3.94. The summed E-state index contributed by atoms with van der Waals surface area (Å²) in [5.74, 6) is -1.91. The zero-order valence-electron chi connectivity index (χ0n) is 11.1. The maximum Gasteiger partial charge on any atom is 0.338 e. The lowest BCUT2D eigenvalue weighted by Crippen LogP contribution is -2.12. The molecule has 0 saturated heterocycles. The highest BCUT2D eigenvalue weighted by atomic mass is 16.6. The lowest BCUT2D eigenvalue weighted by atomic mass is 10.2. The fraction of sp³-hybridized carbons (Fsp3) is 0.214. The van der Waals surface area contributed by atoms with Crippen LogP contribution in [0.4, 0.5) is 0 Å². The Kier molecular flexibility index (Phi) is 5.46. The van der Waals surface area contributed by atoms with Crippen LogP contribution in [0.1, 0.15) is 18.9 Å². The van der Waals surface area contributed by atoms with Crippen LogP contribution in [0.25, 0.3) is 6.08 Å².